The topological polar surface area (TPSA) is 44.8 Å². The molecule has 132 valence electrons. The Morgan fingerprint density at radius 1 is 1.28 bits per heavy atom. The lowest BCUT2D eigenvalue weighted by Gasteiger charge is -2.25. The molecule has 1 aliphatic heterocycles. The Hall–Kier alpha value is -2.18. The maximum atomic E-state index is 13.9. The fraction of sp³-hybridized carbons (Fsp3) is 0.278. The molecule has 0 fully saturated rings. The van der Waals surface area contributed by atoms with Gasteiger partial charge in [0.25, 0.3) is 0 Å². The number of hydrogen-bond donors (Lipinski definition) is 0. The van der Waals surface area contributed by atoms with E-state index in [1.165, 1.54) is 0 Å². The van der Waals surface area contributed by atoms with Crippen LogP contribution in [-0.4, -0.2) is 25.6 Å². The van der Waals surface area contributed by atoms with Crippen LogP contribution in [0, 0.1) is 11.6 Å². The number of fused-ring (bicyclic) bond motifs is 1. The summed E-state index contributed by atoms with van der Waals surface area (Å²) < 4.78 is 44.0. The molecule has 0 bridgehead atoms. The summed E-state index contributed by atoms with van der Waals surface area (Å²) in [4.78, 5) is 10.4. The molecular weight excluding hydrogens is 354 g/mol. The maximum absolute atomic E-state index is 13.9. The molecule has 0 aliphatic carbocycles. The number of carbonyl (C=O) groups is 1. The van der Waals surface area contributed by atoms with E-state index >= 15 is 0 Å². The summed E-state index contributed by atoms with van der Waals surface area (Å²) in [5, 5.41) is -0.157. The summed E-state index contributed by atoms with van der Waals surface area (Å²) in [5.41, 5.74) is 0.683. The van der Waals surface area contributed by atoms with Crippen LogP contribution in [0.25, 0.3) is 0 Å². The molecule has 1 aliphatic rings. The first-order valence-electron chi connectivity index (χ1n) is 7.64. The van der Waals surface area contributed by atoms with Crippen molar-refractivity contribution in [1.82, 2.24) is 0 Å². The molecule has 0 amide bonds. The third-order valence-electron chi connectivity index (χ3n) is 3.83. The predicted octanol–water partition coefficient (Wildman–Crippen LogP) is 3.72. The van der Waals surface area contributed by atoms with Crippen LogP contribution in [0.15, 0.2) is 30.3 Å². The van der Waals surface area contributed by atoms with Crippen molar-refractivity contribution in [1.29, 1.82) is 0 Å². The number of rotatable bonds is 6. The monoisotopic (exact) mass is 368 g/mol. The summed E-state index contributed by atoms with van der Waals surface area (Å²) in [6.45, 7) is 0.0608. The van der Waals surface area contributed by atoms with Crippen LogP contribution in [-0.2, 0) is 22.6 Å². The van der Waals surface area contributed by atoms with Crippen LogP contribution in [0.3, 0.4) is 0 Å². The quantitative estimate of drug-likeness (QED) is 0.576. The van der Waals surface area contributed by atoms with Crippen molar-refractivity contribution in [2.24, 2.45) is 0 Å². The average molecular weight is 369 g/mol. The second-order valence-corrected chi connectivity index (χ2v) is 5.92. The van der Waals surface area contributed by atoms with Crippen molar-refractivity contribution in [3.63, 3.8) is 0 Å². The Kier molecular flexibility index (Phi) is 5.50. The van der Waals surface area contributed by atoms with Crippen LogP contribution >= 0.6 is 11.6 Å². The molecule has 1 atom stereocenters. The Bertz CT molecular complexity index is 782. The Morgan fingerprint density at radius 3 is 2.92 bits per heavy atom. The molecule has 7 heteroatoms. The van der Waals surface area contributed by atoms with E-state index in [0.29, 0.717) is 30.8 Å². The number of carbonyl (C=O) groups excluding carboxylic acids is 1. The highest BCUT2D eigenvalue weighted by molar-refractivity contribution is 6.30. The molecule has 2 aromatic carbocycles. The molecule has 0 aromatic heterocycles. The van der Waals surface area contributed by atoms with Crippen molar-refractivity contribution in [2.75, 3.05) is 13.2 Å². The molecule has 0 radical (unpaired) electrons. The second kappa shape index (κ2) is 7.80. The minimum absolute atomic E-state index is 0.0291. The maximum Gasteiger partial charge on any atom is 0.151 e. The lowest BCUT2D eigenvalue weighted by molar-refractivity contribution is -0.114. The van der Waals surface area contributed by atoms with E-state index in [0.717, 1.165) is 17.7 Å². The Labute approximate surface area is 148 Å². The molecule has 0 saturated heterocycles. The van der Waals surface area contributed by atoms with E-state index < -0.39 is 11.6 Å². The molecule has 25 heavy (non-hydrogen) atoms. The third-order valence-corrected chi connectivity index (χ3v) is 4.12. The van der Waals surface area contributed by atoms with Gasteiger partial charge < -0.3 is 19.0 Å². The van der Waals surface area contributed by atoms with Gasteiger partial charge in [-0.3, -0.25) is 0 Å². The SMILES string of the molecule is O=CCOC1COc2cc(OCc3c(F)ccc(Cl)c3F)ccc2C1. The molecule has 4 nitrogen and oxygen atoms in total. The van der Waals surface area contributed by atoms with E-state index in [9.17, 15) is 13.6 Å². The minimum atomic E-state index is -0.828. The Balaban J connectivity index is 1.68. The van der Waals surface area contributed by atoms with Gasteiger partial charge in [-0.05, 0) is 23.8 Å². The highest BCUT2D eigenvalue weighted by atomic mass is 35.5. The second-order valence-electron chi connectivity index (χ2n) is 5.52. The van der Waals surface area contributed by atoms with Gasteiger partial charge in [-0.15, -0.1) is 0 Å². The van der Waals surface area contributed by atoms with Gasteiger partial charge >= 0.3 is 0 Å². The van der Waals surface area contributed by atoms with Gasteiger partial charge in [0.2, 0.25) is 0 Å². The molecule has 2 aromatic rings. The van der Waals surface area contributed by atoms with Crippen molar-refractivity contribution in [2.45, 2.75) is 19.1 Å². The summed E-state index contributed by atoms with van der Waals surface area (Å²) in [7, 11) is 0. The van der Waals surface area contributed by atoms with E-state index in [1.807, 2.05) is 0 Å². The molecule has 0 spiro atoms. The van der Waals surface area contributed by atoms with Crippen molar-refractivity contribution >= 4 is 17.9 Å². The van der Waals surface area contributed by atoms with Gasteiger partial charge in [0.1, 0.15) is 43.4 Å². The fourth-order valence-electron chi connectivity index (χ4n) is 2.55. The fourth-order valence-corrected chi connectivity index (χ4v) is 2.73. The van der Waals surface area contributed by atoms with Gasteiger partial charge in [0.15, 0.2) is 5.82 Å². The van der Waals surface area contributed by atoms with Gasteiger partial charge in [-0.1, -0.05) is 17.7 Å². The highest BCUT2D eigenvalue weighted by Gasteiger charge is 2.21. The van der Waals surface area contributed by atoms with E-state index in [4.69, 9.17) is 25.8 Å². The van der Waals surface area contributed by atoms with E-state index in [-0.39, 0.29) is 29.9 Å². The standard InChI is InChI=1S/C18H15ClF2O4/c19-15-3-4-16(20)14(18(15)21)10-24-12-2-1-11-7-13(23-6-5-22)9-25-17(11)8-12/h1-5,8,13H,6-7,9-10H2. The molecule has 1 heterocycles. The Morgan fingerprint density at radius 2 is 2.12 bits per heavy atom. The van der Waals surface area contributed by atoms with E-state index in [1.54, 1.807) is 18.2 Å². The van der Waals surface area contributed by atoms with E-state index in [2.05, 4.69) is 0 Å². The third kappa shape index (κ3) is 4.08. The first kappa shape index (κ1) is 17.6. The van der Waals surface area contributed by atoms with Crippen molar-refractivity contribution in [3.05, 3.63) is 58.1 Å². The molecule has 0 saturated carbocycles. The molecular formula is C18H15ClF2O4. The number of aldehydes is 1. The molecule has 3 rings (SSSR count). The predicted molar refractivity (Wildman–Crippen MR) is 87.1 cm³/mol. The van der Waals surface area contributed by atoms with Gasteiger partial charge in [0.05, 0.1) is 16.7 Å². The number of benzene rings is 2. The summed E-state index contributed by atoms with van der Waals surface area (Å²) in [6.07, 6.45) is 1.13. The van der Waals surface area contributed by atoms with Crippen molar-refractivity contribution in [3.8, 4) is 11.5 Å². The van der Waals surface area contributed by atoms with Crippen LogP contribution in [0.4, 0.5) is 8.78 Å². The summed E-state index contributed by atoms with van der Waals surface area (Å²) >= 11 is 5.66. The largest absolute Gasteiger partial charge is 0.490 e. The van der Waals surface area contributed by atoms with Crippen LogP contribution < -0.4 is 9.47 Å². The highest BCUT2D eigenvalue weighted by Crippen LogP contribution is 2.31. The molecule has 1 unspecified atom stereocenters. The zero-order valence-corrected chi connectivity index (χ0v) is 13.9. The normalized spacial score (nSPS) is 16.0. The number of hydrogen-bond acceptors (Lipinski definition) is 4. The van der Waals surface area contributed by atoms with Gasteiger partial charge in [-0.2, -0.15) is 0 Å². The smallest absolute Gasteiger partial charge is 0.151 e. The summed E-state index contributed by atoms with van der Waals surface area (Å²) in [5.74, 6) is -0.502. The van der Waals surface area contributed by atoms with Crippen molar-refractivity contribution < 1.29 is 27.8 Å². The van der Waals surface area contributed by atoms with Gasteiger partial charge in [0, 0.05) is 12.5 Å². The zero-order valence-electron chi connectivity index (χ0n) is 13.1. The minimum Gasteiger partial charge on any atom is -0.490 e. The first-order chi connectivity index (χ1) is 12.1. The lowest BCUT2D eigenvalue weighted by Crippen LogP contribution is -2.29. The number of halogens is 3. The van der Waals surface area contributed by atoms with Gasteiger partial charge in [-0.25, -0.2) is 8.78 Å². The van der Waals surface area contributed by atoms with Crippen LogP contribution in [0.1, 0.15) is 11.1 Å². The first-order valence-corrected chi connectivity index (χ1v) is 8.02. The number of ether oxygens (including phenoxy) is 3. The average Bonchev–Trinajstić information content (AvgIpc) is 2.63. The lowest BCUT2D eigenvalue weighted by atomic mass is 10.0. The van der Waals surface area contributed by atoms with Crippen LogP contribution in [0.5, 0.6) is 11.5 Å². The van der Waals surface area contributed by atoms with Crippen LogP contribution in [0.2, 0.25) is 5.02 Å². The zero-order chi connectivity index (χ0) is 17.8. The molecule has 0 N–H and O–H groups in total. The summed E-state index contributed by atoms with van der Waals surface area (Å²) in [6, 6.07) is 7.40.